The van der Waals surface area contributed by atoms with Gasteiger partial charge in [-0.05, 0) is 74.2 Å². The Balaban J connectivity index is 1.40. The van der Waals surface area contributed by atoms with Crippen LogP contribution in [0.25, 0.3) is 0 Å². The Morgan fingerprint density at radius 2 is 1.86 bits per heavy atom. The van der Waals surface area contributed by atoms with Crippen LogP contribution in [0.1, 0.15) is 49.8 Å². The quantitative estimate of drug-likeness (QED) is 0.353. The van der Waals surface area contributed by atoms with Crippen molar-refractivity contribution in [2.75, 3.05) is 16.4 Å². The third-order valence-corrected chi connectivity index (χ3v) is 7.59. The Morgan fingerprint density at radius 3 is 2.41 bits per heavy atom. The predicted octanol–water partition coefficient (Wildman–Crippen LogP) is 5.85. The second-order valence-corrected chi connectivity index (χ2v) is 9.98. The molecule has 5 rings (SSSR count). The topological polar surface area (TPSA) is 69.5 Å². The lowest BCUT2D eigenvalue weighted by Crippen LogP contribution is -2.55. The Labute approximate surface area is 214 Å². The Kier molecular flexibility index (Phi) is 6.09. The smallest absolute Gasteiger partial charge is 0.419 e. The molecule has 3 fully saturated rings. The number of halogens is 5. The van der Waals surface area contributed by atoms with Gasteiger partial charge in [0.05, 0.1) is 24.1 Å². The summed E-state index contributed by atoms with van der Waals surface area (Å²) in [4.78, 5) is 19.8. The number of aromatic nitrogens is 1. The van der Waals surface area contributed by atoms with Gasteiger partial charge in [0.2, 0.25) is 5.92 Å². The van der Waals surface area contributed by atoms with E-state index < -0.39 is 34.8 Å². The molecule has 1 amide bonds. The van der Waals surface area contributed by atoms with Gasteiger partial charge in [-0.1, -0.05) is 0 Å². The van der Waals surface area contributed by atoms with Crippen molar-refractivity contribution in [3.05, 3.63) is 47.8 Å². The average Bonchev–Trinajstić information content (AvgIpc) is 3.29. The molecule has 6 nitrogen and oxygen atoms in total. The third kappa shape index (κ3) is 4.39. The van der Waals surface area contributed by atoms with Gasteiger partial charge in [0.25, 0.3) is 5.91 Å². The minimum absolute atomic E-state index is 0.00573. The van der Waals surface area contributed by atoms with Crippen LogP contribution in [0.3, 0.4) is 0 Å². The van der Waals surface area contributed by atoms with Gasteiger partial charge in [-0.2, -0.15) is 18.4 Å². The zero-order chi connectivity index (χ0) is 26.6. The summed E-state index contributed by atoms with van der Waals surface area (Å²) in [5.74, 6) is -2.86. The normalized spacial score (nSPS) is 22.3. The van der Waals surface area contributed by atoms with Crippen LogP contribution in [-0.4, -0.2) is 34.1 Å². The maximum Gasteiger partial charge on any atom is 0.419 e. The molecular weight excluding hydrogens is 515 g/mol. The molecule has 0 radical (unpaired) electrons. The molecule has 2 aliphatic carbocycles. The largest absolute Gasteiger partial charge is 0.493 e. The number of benzene rings is 1. The molecule has 1 saturated heterocycles. The highest BCUT2D eigenvalue weighted by Gasteiger charge is 2.59. The number of pyridine rings is 1. The van der Waals surface area contributed by atoms with E-state index in [0.29, 0.717) is 30.7 Å². The van der Waals surface area contributed by atoms with Crippen molar-refractivity contribution >= 4 is 34.6 Å². The van der Waals surface area contributed by atoms with E-state index in [4.69, 9.17) is 22.2 Å². The number of nitrogens with zero attached hydrogens (tertiary/aromatic N) is 4. The molecule has 1 aromatic heterocycles. The number of rotatable bonds is 5. The van der Waals surface area contributed by atoms with Crippen LogP contribution >= 0.6 is 12.2 Å². The van der Waals surface area contributed by atoms with Crippen molar-refractivity contribution in [1.82, 2.24) is 4.98 Å². The van der Waals surface area contributed by atoms with Gasteiger partial charge >= 0.3 is 6.18 Å². The van der Waals surface area contributed by atoms with E-state index >= 15 is 0 Å². The van der Waals surface area contributed by atoms with Gasteiger partial charge < -0.3 is 9.64 Å². The number of nitriles is 1. The van der Waals surface area contributed by atoms with Gasteiger partial charge in [0.15, 0.2) is 10.8 Å². The standard InChI is InChI=1S/C25H21F5N4O2S/c26-24(27)9-6-15(11-24)14-36-18-4-2-16(3-5-18)34-22(37)33(21(35)23(34)7-1-8-23)17-10-19(25(28,29)30)20(12-31)32-13-17/h2-5,10,13,15H,1,6-9,11,14H2. The SMILES string of the molecule is N#Cc1ncc(N2C(=O)C3(CCC3)N(c3ccc(OCC4CCC(F)(F)C4)cc3)C2=S)cc1C(F)(F)F. The summed E-state index contributed by atoms with van der Waals surface area (Å²) < 4.78 is 73.1. The van der Waals surface area contributed by atoms with Crippen molar-refractivity contribution in [3.8, 4) is 11.8 Å². The molecule has 0 bridgehead atoms. The molecule has 2 aromatic rings. The Hall–Kier alpha value is -3.33. The van der Waals surface area contributed by atoms with Crippen LogP contribution in [0.2, 0.25) is 0 Å². The van der Waals surface area contributed by atoms with Crippen molar-refractivity contribution in [3.63, 3.8) is 0 Å². The van der Waals surface area contributed by atoms with Crippen LogP contribution in [0, 0.1) is 17.2 Å². The maximum absolute atomic E-state index is 13.5. The van der Waals surface area contributed by atoms with Crippen molar-refractivity contribution in [1.29, 1.82) is 5.26 Å². The molecule has 1 unspecified atom stereocenters. The monoisotopic (exact) mass is 536 g/mol. The van der Waals surface area contributed by atoms with Crippen LogP contribution in [0.4, 0.5) is 33.3 Å². The molecule has 37 heavy (non-hydrogen) atoms. The zero-order valence-electron chi connectivity index (χ0n) is 19.4. The summed E-state index contributed by atoms with van der Waals surface area (Å²) in [7, 11) is 0. The number of hydrogen-bond donors (Lipinski definition) is 0. The number of hydrogen-bond acceptors (Lipinski definition) is 5. The lowest BCUT2D eigenvalue weighted by molar-refractivity contribution is -0.138. The summed E-state index contributed by atoms with van der Waals surface area (Å²) in [5.41, 5.74) is -2.67. The average molecular weight is 537 g/mol. The Morgan fingerprint density at radius 1 is 1.16 bits per heavy atom. The summed E-state index contributed by atoms with van der Waals surface area (Å²) in [6.45, 7) is 0.167. The first-order valence-electron chi connectivity index (χ1n) is 11.7. The molecule has 194 valence electrons. The summed E-state index contributed by atoms with van der Waals surface area (Å²) >= 11 is 5.58. The maximum atomic E-state index is 13.5. The van der Waals surface area contributed by atoms with E-state index in [1.165, 1.54) is 6.07 Å². The number of carbonyl (C=O) groups is 1. The molecule has 12 heteroatoms. The number of amides is 1. The number of alkyl halides is 5. The number of carbonyl (C=O) groups excluding carboxylic acids is 1. The number of thiocarbonyl (C=S) groups is 1. The van der Waals surface area contributed by atoms with E-state index in [-0.39, 0.29) is 36.2 Å². The highest BCUT2D eigenvalue weighted by Crippen LogP contribution is 2.48. The fourth-order valence-corrected chi connectivity index (χ4v) is 5.65. The summed E-state index contributed by atoms with van der Waals surface area (Å²) in [5, 5.41) is 9.04. The molecule has 3 aliphatic rings. The summed E-state index contributed by atoms with van der Waals surface area (Å²) in [6, 6.07) is 8.80. The van der Waals surface area contributed by atoms with E-state index in [1.807, 2.05) is 0 Å². The van der Waals surface area contributed by atoms with Crippen LogP contribution in [0.5, 0.6) is 5.75 Å². The third-order valence-electron chi connectivity index (χ3n) is 7.22. The van der Waals surface area contributed by atoms with Gasteiger partial charge in [-0.25, -0.2) is 13.8 Å². The van der Waals surface area contributed by atoms with Crippen molar-refractivity contribution < 1.29 is 31.5 Å². The van der Waals surface area contributed by atoms with Crippen molar-refractivity contribution in [2.24, 2.45) is 5.92 Å². The lowest BCUT2D eigenvalue weighted by Gasteiger charge is -2.43. The van der Waals surface area contributed by atoms with E-state index in [9.17, 15) is 26.7 Å². The number of anilines is 2. The molecular formula is C25H21F5N4O2S. The van der Waals surface area contributed by atoms with E-state index in [0.717, 1.165) is 23.6 Å². The van der Waals surface area contributed by atoms with Gasteiger partial charge in [0.1, 0.15) is 17.4 Å². The number of ether oxygens (including phenoxy) is 1. The molecule has 1 spiro atoms. The second kappa shape index (κ2) is 8.90. The molecule has 2 heterocycles. The van der Waals surface area contributed by atoms with Gasteiger partial charge in [-0.15, -0.1) is 0 Å². The molecule has 2 saturated carbocycles. The van der Waals surface area contributed by atoms with Crippen LogP contribution in [0.15, 0.2) is 36.5 Å². The highest BCUT2D eigenvalue weighted by atomic mass is 32.1. The fourth-order valence-electron chi connectivity index (χ4n) is 5.18. The second-order valence-electron chi connectivity index (χ2n) is 9.61. The highest BCUT2D eigenvalue weighted by molar-refractivity contribution is 7.81. The molecule has 1 aliphatic heterocycles. The lowest BCUT2D eigenvalue weighted by atomic mass is 9.75. The molecule has 1 aromatic carbocycles. The summed E-state index contributed by atoms with van der Waals surface area (Å²) in [6.07, 6.45) is -2.07. The van der Waals surface area contributed by atoms with Gasteiger partial charge in [0, 0.05) is 18.5 Å². The van der Waals surface area contributed by atoms with Crippen LogP contribution in [-0.2, 0) is 11.0 Å². The zero-order valence-corrected chi connectivity index (χ0v) is 20.2. The Bertz CT molecular complexity index is 1290. The first-order chi connectivity index (χ1) is 17.4. The minimum Gasteiger partial charge on any atom is -0.493 e. The first-order valence-corrected chi connectivity index (χ1v) is 12.1. The van der Waals surface area contributed by atoms with E-state index in [2.05, 4.69) is 4.98 Å². The fraction of sp³-hybridized carbons (Fsp3) is 0.440. The van der Waals surface area contributed by atoms with Crippen LogP contribution < -0.4 is 14.5 Å². The van der Waals surface area contributed by atoms with Crippen molar-refractivity contribution in [2.45, 2.75) is 56.2 Å². The molecule has 0 N–H and O–H groups in total. The minimum atomic E-state index is -4.84. The first kappa shape index (κ1) is 25.3. The molecule has 1 atom stereocenters. The van der Waals surface area contributed by atoms with Gasteiger partial charge in [-0.3, -0.25) is 9.69 Å². The predicted molar refractivity (Wildman–Crippen MR) is 127 cm³/mol. The van der Waals surface area contributed by atoms with E-state index in [1.54, 1.807) is 29.2 Å².